The van der Waals surface area contributed by atoms with Crippen LogP contribution in [0, 0.1) is 0 Å². The lowest BCUT2D eigenvalue weighted by atomic mass is 10.2. The highest BCUT2D eigenvalue weighted by Crippen LogP contribution is 2.30. The van der Waals surface area contributed by atoms with Crippen molar-refractivity contribution in [2.75, 3.05) is 13.1 Å². The standard InChI is InChI=1S/C14H19N3O3S2/c1-2-12-15-16-14(20-12)11-9-13(21-10-11)22(18,19)17-7-5-3-4-6-8-17/h9-10H,2-8H2,1H3. The highest BCUT2D eigenvalue weighted by atomic mass is 32.2. The smallest absolute Gasteiger partial charge is 0.252 e. The molecule has 120 valence electrons. The third-order valence-electron chi connectivity index (χ3n) is 3.75. The maximum Gasteiger partial charge on any atom is 0.252 e. The van der Waals surface area contributed by atoms with Crippen molar-refractivity contribution < 1.29 is 12.8 Å². The lowest BCUT2D eigenvalue weighted by molar-refractivity contribution is 0.425. The summed E-state index contributed by atoms with van der Waals surface area (Å²) >= 11 is 1.21. The van der Waals surface area contributed by atoms with Crippen molar-refractivity contribution >= 4 is 21.4 Å². The molecule has 2 aromatic rings. The first kappa shape index (κ1) is 15.6. The molecule has 3 heterocycles. The maximum absolute atomic E-state index is 12.7. The molecule has 0 aromatic carbocycles. The van der Waals surface area contributed by atoms with Crippen LogP contribution in [0.25, 0.3) is 11.5 Å². The Morgan fingerprint density at radius 1 is 1.23 bits per heavy atom. The summed E-state index contributed by atoms with van der Waals surface area (Å²) in [6, 6.07) is 1.64. The number of hydrogen-bond acceptors (Lipinski definition) is 6. The van der Waals surface area contributed by atoms with Crippen molar-refractivity contribution in [3.8, 4) is 11.5 Å². The molecule has 0 N–H and O–H groups in total. The number of aromatic nitrogens is 2. The van der Waals surface area contributed by atoms with Gasteiger partial charge < -0.3 is 4.42 Å². The summed E-state index contributed by atoms with van der Waals surface area (Å²) in [5.41, 5.74) is 0.672. The molecule has 22 heavy (non-hydrogen) atoms. The fourth-order valence-electron chi connectivity index (χ4n) is 2.49. The van der Waals surface area contributed by atoms with Gasteiger partial charge in [0.1, 0.15) is 4.21 Å². The van der Waals surface area contributed by atoms with Gasteiger partial charge in [-0.15, -0.1) is 21.5 Å². The molecule has 1 aliphatic heterocycles. The Bertz CT molecular complexity index is 728. The minimum Gasteiger partial charge on any atom is -0.421 e. The van der Waals surface area contributed by atoms with E-state index in [1.54, 1.807) is 15.8 Å². The Kier molecular flexibility index (Phi) is 4.60. The van der Waals surface area contributed by atoms with Gasteiger partial charge in [-0.1, -0.05) is 19.8 Å². The molecule has 6 nitrogen and oxygen atoms in total. The summed E-state index contributed by atoms with van der Waals surface area (Å²) in [6.07, 6.45) is 4.73. The first-order chi connectivity index (χ1) is 10.6. The van der Waals surface area contributed by atoms with E-state index in [-0.39, 0.29) is 0 Å². The highest BCUT2D eigenvalue weighted by molar-refractivity contribution is 7.91. The van der Waals surface area contributed by atoms with Crippen molar-refractivity contribution in [1.82, 2.24) is 14.5 Å². The quantitative estimate of drug-likeness (QED) is 0.854. The SMILES string of the molecule is CCc1nnc(-c2csc(S(=O)(=O)N3CCCCCC3)c2)o1. The molecule has 0 radical (unpaired) electrons. The average molecular weight is 341 g/mol. The van der Waals surface area contributed by atoms with Crippen LogP contribution in [0.3, 0.4) is 0 Å². The first-order valence-corrected chi connectivity index (χ1v) is 9.84. The van der Waals surface area contributed by atoms with Crippen molar-refractivity contribution in [1.29, 1.82) is 0 Å². The average Bonchev–Trinajstić information content (AvgIpc) is 3.10. The predicted octanol–water partition coefficient (Wildman–Crippen LogP) is 2.93. The van der Waals surface area contributed by atoms with Crippen molar-refractivity contribution in [3.63, 3.8) is 0 Å². The van der Waals surface area contributed by atoms with Crippen LogP contribution in [-0.4, -0.2) is 36.0 Å². The number of rotatable bonds is 4. The summed E-state index contributed by atoms with van der Waals surface area (Å²) in [7, 11) is -3.41. The molecule has 0 aliphatic carbocycles. The Labute approximate surface area is 134 Å². The third-order valence-corrected chi connectivity index (χ3v) is 7.06. The molecule has 0 saturated carbocycles. The van der Waals surface area contributed by atoms with E-state index in [0.29, 0.717) is 41.1 Å². The molecule has 0 amide bonds. The zero-order valence-electron chi connectivity index (χ0n) is 12.5. The van der Waals surface area contributed by atoms with Crippen LogP contribution < -0.4 is 0 Å². The molecule has 1 saturated heterocycles. The van der Waals surface area contributed by atoms with Gasteiger partial charge in [-0.3, -0.25) is 0 Å². The van der Waals surface area contributed by atoms with Gasteiger partial charge in [-0.2, -0.15) is 4.31 Å². The van der Waals surface area contributed by atoms with Gasteiger partial charge in [-0.05, 0) is 18.9 Å². The van der Waals surface area contributed by atoms with E-state index < -0.39 is 10.0 Å². The predicted molar refractivity (Wildman–Crippen MR) is 84.2 cm³/mol. The summed E-state index contributed by atoms with van der Waals surface area (Å²) < 4.78 is 32.9. The molecule has 0 spiro atoms. The van der Waals surface area contributed by atoms with E-state index >= 15 is 0 Å². The number of thiophene rings is 1. The van der Waals surface area contributed by atoms with E-state index in [4.69, 9.17) is 4.42 Å². The van der Waals surface area contributed by atoms with Crippen LogP contribution in [0.4, 0.5) is 0 Å². The van der Waals surface area contributed by atoms with Gasteiger partial charge in [0.25, 0.3) is 10.0 Å². The molecule has 0 unspecified atom stereocenters. The summed E-state index contributed by atoms with van der Waals surface area (Å²) in [6.45, 7) is 3.15. The fraction of sp³-hybridized carbons (Fsp3) is 0.571. The van der Waals surface area contributed by atoms with Crippen molar-refractivity contribution in [3.05, 3.63) is 17.3 Å². The zero-order valence-corrected chi connectivity index (χ0v) is 14.1. The van der Waals surface area contributed by atoms with E-state index in [1.165, 1.54) is 11.3 Å². The lowest BCUT2D eigenvalue weighted by Crippen LogP contribution is -2.31. The minimum absolute atomic E-state index is 0.348. The van der Waals surface area contributed by atoms with Crippen LogP contribution in [0.2, 0.25) is 0 Å². The molecule has 1 aliphatic rings. The molecule has 0 atom stereocenters. The van der Waals surface area contributed by atoms with Gasteiger partial charge in [0.15, 0.2) is 0 Å². The lowest BCUT2D eigenvalue weighted by Gasteiger charge is -2.18. The molecule has 0 bridgehead atoms. The molecular weight excluding hydrogens is 322 g/mol. The topological polar surface area (TPSA) is 76.3 Å². The second kappa shape index (κ2) is 6.47. The number of sulfonamides is 1. The molecule has 2 aromatic heterocycles. The van der Waals surface area contributed by atoms with E-state index in [0.717, 1.165) is 25.7 Å². The van der Waals surface area contributed by atoms with E-state index in [1.807, 2.05) is 6.92 Å². The normalized spacial score (nSPS) is 17.5. The Morgan fingerprint density at radius 3 is 2.59 bits per heavy atom. The minimum atomic E-state index is -3.41. The van der Waals surface area contributed by atoms with Crippen molar-refractivity contribution in [2.24, 2.45) is 0 Å². The van der Waals surface area contributed by atoms with Crippen LogP contribution in [0.1, 0.15) is 38.5 Å². The molecule has 8 heteroatoms. The van der Waals surface area contributed by atoms with E-state index in [9.17, 15) is 8.42 Å². The third kappa shape index (κ3) is 3.09. The zero-order chi connectivity index (χ0) is 15.6. The number of hydrogen-bond donors (Lipinski definition) is 0. The van der Waals surface area contributed by atoms with Crippen molar-refractivity contribution in [2.45, 2.75) is 43.2 Å². The summed E-state index contributed by atoms with van der Waals surface area (Å²) in [4.78, 5) is 0. The van der Waals surface area contributed by atoms with Gasteiger partial charge in [0.05, 0.1) is 5.56 Å². The Balaban J connectivity index is 1.85. The second-order valence-corrected chi connectivity index (χ2v) is 8.40. The van der Waals surface area contributed by atoms with E-state index in [2.05, 4.69) is 10.2 Å². The van der Waals surface area contributed by atoms with Crippen LogP contribution in [-0.2, 0) is 16.4 Å². The monoisotopic (exact) mass is 341 g/mol. The van der Waals surface area contributed by atoms with Gasteiger partial charge >= 0.3 is 0 Å². The Hall–Kier alpha value is -1.25. The molecular formula is C14H19N3O3S2. The summed E-state index contributed by atoms with van der Waals surface area (Å²) in [5, 5.41) is 9.64. The first-order valence-electron chi connectivity index (χ1n) is 7.52. The largest absolute Gasteiger partial charge is 0.421 e. The number of nitrogens with zero attached hydrogens (tertiary/aromatic N) is 3. The number of aryl methyl sites for hydroxylation is 1. The highest BCUT2D eigenvalue weighted by Gasteiger charge is 2.27. The van der Waals surface area contributed by atoms with Gasteiger partial charge in [-0.25, -0.2) is 8.42 Å². The van der Waals surface area contributed by atoms with Crippen LogP contribution in [0.5, 0.6) is 0 Å². The fourth-order valence-corrected chi connectivity index (χ4v) is 5.31. The second-order valence-electron chi connectivity index (χ2n) is 5.33. The molecule has 3 rings (SSSR count). The van der Waals surface area contributed by atoms with Crippen LogP contribution >= 0.6 is 11.3 Å². The van der Waals surface area contributed by atoms with Crippen LogP contribution in [0.15, 0.2) is 20.1 Å². The Morgan fingerprint density at radius 2 is 1.95 bits per heavy atom. The van der Waals surface area contributed by atoms with Gasteiger partial charge in [0, 0.05) is 24.9 Å². The van der Waals surface area contributed by atoms with Gasteiger partial charge in [0.2, 0.25) is 11.8 Å². The molecule has 1 fully saturated rings. The maximum atomic E-state index is 12.7. The summed E-state index contributed by atoms with van der Waals surface area (Å²) in [5.74, 6) is 0.934.